The largest absolute Gasteiger partial charge is 0.491 e. The molecule has 1 aromatic rings. The van der Waals surface area contributed by atoms with E-state index in [1.54, 1.807) is 0 Å². The van der Waals surface area contributed by atoms with Gasteiger partial charge in [0.15, 0.2) is 0 Å². The summed E-state index contributed by atoms with van der Waals surface area (Å²) in [4.78, 5) is 14.4. The summed E-state index contributed by atoms with van der Waals surface area (Å²) in [5, 5.41) is 0. The molecule has 0 atom stereocenters. The van der Waals surface area contributed by atoms with Crippen LogP contribution in [0.4, 0.5) is 0 Å². The van der Waals surface area contributed by atoms with Gasteiger partial charge in [-0.1, -0.05) is 6.07 Å². The van der Waals surface area contributed by atoms with E-state index in [1.165, 1.54) is 0 Å². The predicted molar refractivity (Wildman–Crippen MR) is 78.6 cm³/mol. The third kappa shape index (κ3) is 4.27. The monoisotopic (exact) mass is 263 g/mol. The van der Waals surface area contributed by atoms with Crippen molar-refractivity contribution in [2.75, 3.05) is 0 Å². The van der Waals surface area contributed by atoms with Gasteiger partial charge in [0.1, 0.15) is 5.75 Å². The summed E-state index contributed by atoms with van der Waals surface area (Å²) in [6.07, 6.45) is 0.108. The fraction of sp³-hybridized carbons (Fsp3) is 0.562. The van der Waals surface area contributed by atoms with Crippen molar-refractivity contribution in [3.63, 3.8) is 0 Å². The van der Waals surface area contributed by atoms with Crippen LogP contribution in [-0.4, -0.2) is 29.0 Å². The third-order valence-corrected chi connectivity index (χ3v) is 2.80. The molecular weight excluding hydrogens is 238 g/mol. The predicted octanol–water partition coefficient (Wildman–Crippen LogP) is 3.73. The smallest absolute Gasteiger partial charge is 0.254 e. The molecule has 0 N–H and O–H groups in total. The summed E-state index contributed by atoms with van der Waals surface area (Å²) in [5.74, 6) is 0.799. The zero-order valence-electron chi connectivity index (χ0n) is 12.8. The molecule has 19 heavy (non-hydrogen) atoms. The van der Waals surface area contributed by atoms with Crippen LogP contribution in [0.3, 0.4) is 0 Å². The fourth-order valence-electron chi connectivity index (χ4n) is 2.19. The highest BCUT2D eigenvalue weighted by molar-refractivity contribution is 5.95. The topological polar surface area (TPSA) is 29.5 Å². The Balaban J connectivity index is 2.98. The summed E-state index contributed by atoms with van der Waals surface area (Å²) in [6, 6.07) is 7.77. The maximum absolute atomic E-state index is 12.5. The molecule has 0 saturated heterocycles. The van der Waals surface area contributed by atoms with Crippen molar-refractivity contribution in [3.8, 4) is 5.75 Å². The summed E-state index contributed by atoms with van der Waals surface area (Å²) < 4.78 is 5.63. The Morgan fingerprint density at radius 1 is 1.05 bits per heavy atom. The van der Waals surface area contributed by atoms with Crippen molar-refractivity contribution in [3.05, 3.63) is 29.8 Å². The molecule has 0 heterocycles. The lowest BCUT2D eigenvalue weighted by atomic mass is 10.1. The van der Waals surface area contributed by atoms with Gasteiger partial charge < -0.3 is 9.64 Å². The number of hydrogen-bond acceptors (Lipinski definition) is 2. The minimum atomic E-state index is 0.0548. The van der Waals surface area contributed by atoms with E-state index in [0.717, 1.165) is 5.75 Å². The lowest BCUT2D eigenvalue weighted by molar-refractivity contribution is 0.0643. The van der Waals surface area contributed by atoms with Gasteiger partial charge >= 0.3 is 0 Å². The van der Waals surface area contributed by atoms with Crippen LogP contribution in [0.5, 0.6) is 5.75 Å². The number of amides is 1. The average Bonchev–Trinajstić information content (AvgIpc) is 2.27. The van der Waals surface area contributed by atoms with Crippen molar-refractivity contribution < 1.29 is 9.53 Å². The van der Waals surface area contributed by atoms with Gasteiger partial charge in [-0.2, -0.15) is 0 Å². The van der Waals surface area contributed by atoms with Crippen LogP contribution < -0.4 is 4.74 Å². The first-order valence-corrected chi connectivity index (χ1v) is 6.92. The first kappa shape index (κ1) is 15.5. The fourth-order valence-corrected chi connectivity index (χ4v) is 2.19. The van der Waals surface area contributed by atoms with Gasteiger partial charge in [-0.05, 0) is 59.7 Å². The normalized spacial score (nSPS) is 11.2. The molecule has 0 aliphatic heterocycles. The van der Waals surface area contributed by atoms with Crippen molar-refractivity contribution in [1.82, 2.24) is 4.90 Å². The molecule has 106 valence electrons. The van der Waals surface area contributed by atoms with E-state index in [-0.39, 0.29) is 24.1 Å². The van der Waals surface area contributed by atoms with Crippen LogP contribution in [0, 0.1) is 0 Å². The highest BCUT2D eigenvalue weighted by Crippen LogP contribution is 2.18. The Hall–Kier alpha value is -1.51. The van der Waals surface area contributed by atoms with Crippen LogP contribution in [0.25, 0.3) is 0 Å². The van der Waals surface area contributed by atoms with Gasteiger partial charge in [-0.25, -0.2) is 0 Å². The number of hydrogen-bond donors (Lipinski definition) is 0. The van der Waals surface area contributed by atoms with Gasteiger partial charge in [0.05, 0.1) is 6.10 Å². The van der Waals surface area contributed by atoms with Gasteiger partial charge in [-0.3, -0.25) is 4.79 Å². The minimum absolute atomic E-state index is 0.0548. The number of carbonyl (C=O) groups is 1. The van der Waals surface area contributed by atoms with Gasteiger partial charge in [-0.15, -0.1) is 0 Å². The number of benzene rings is 1. The molecule has 0 aromatic heterocycles. The zero-order valence-corrected chi connectivity index (χ0v) is 12.8. The standard InChI is InChI=1S/C16H25NO2/c1-11(2)17(12(3)4)16(18)14-8-7-9-15(10-14)19-13(5)6/h7-13H,1-6H3. The van der Waals surface area contributed by atoms with E-state index in [9.17, 15) is 4.79 Å². The molecule has 0 spiro atoms. The lowest BCUT2D eigenvalue weighted by Gasteiger charge is -2.31. The van der Waals surface area contributed by atoms with Crippen molar-refractivity contribution in [2.45, 2.75) is 59.7 Å². The van der Waals surface area contributed by atoms with Gasteiger partial charge in [0, 0.05) is 17.6 Å². The molecule has 1 amide bonds. The Morgan fingerprint density at radius 2 is 1.63 bits per heavy atom. The summed E-state index contributed by atoms with van der Waals surface area (Å²) in [5.41, 5.74) is 0.681. The first-order valence-electron chi connectivity index (χ1n) is 6.92. The Kier molecular flexibility index (Phi) is 5.40. The van der Waals surface area contributed by atoms with Gasteiger partial charge in [0.25, 0.3) is 5.91 Å². The third-order valence-electron chi connectivity index (χ3n) is 2.80. The molecule has 3 nitrogen and oxygen atoms in total. The average molecular weight is 263 g/mol. The number of ether oxygens (including phenoxy) is 1. The highest BCUT2D eigenvalue weighted by Gasteiger charge is 2.21. The Labute approximate surface area is 116 Å². The van der Waals surface area contributed by atoms with E-state index in [1.807, 2.05) is 70.7 Å². The Morgan fingerprint density at radius 3 is 2.11 bits per heavy atom. The highest BCUT2D eigenvalue weighted by atomic mass is 16.5. The molecular formula is C16H25NO2. The lowest BCUT2D eigenvalue weighted by Crippen LogP contribution is -2.42. The number of rotatable bonds is 5. The molecule has 0 aliphatic rings. The van der Waals surface area contributed by atoms with Gasteiger partial charge in [0.2, 0.25) is 0 Å². The van der Waals surface area contributed by atoms with E-state index in [4.69, 9.17) is 4.74 Å². The molecule has 1 aromatic carbocycles. The molecule has 0 unspecified atom stereocenters. The van der Waals surface area contributed by atoms with E-state index in [0.29, 0.717) is 5.56 Å². The maximum atomic E-state index is 12.5. The van der Waals surface area contributed by atoms with Crippen LogP contribution in [-0.2, 0) is 0 Å². The second-order valence-electron chi connectivity index (χ2n) is 5.59. The van der Waals surface area contributed by atoms with E-state index < -0.39 is 0 Å². The van der Waals surface area contributed by atoms with Crippen LogP contribution in [0.2, 0.25) is 0 Å². The van der Waals surface area contributed by atoms with E-state index in [2.05, 4.69) is 0 Å². The molecule has 0 bridgehead atoms. The summed E-state index contributed by atoms with van der Waals surface area (Å²) in [6.45, 7) is 12.1. The van der Waals surface area contributed by atoms with Crippen molar-refractivity contribution in [2.24, 2.45) is 0 Å². The molecule has 0 saturated carbocycles. The number of carbonyl (C=O) groups excluding carboxylic acids is 1. The number of nitrogens with zero attached hydrogens (tertiary/aromatic N) is 1. The summed E-state index contributed by atoms with van der Waals surface area (Å²) in [7, 11) is 0. The second-order valence-corrected chi connectivity index (χ2v) is 5.59. The molecule has 0 radical (unpaired) electrons. The molecule has 1 rings (SSSR count). The van der Waals surface area contributed by atoms with Crippen LogP contribution in [0.15, 0.2) is 24.3 Å². The second kappa shape index (κ2) is 6.60. The molecule has 0 aliphatic carbocycles. The van der Waals surface area contributed by atoms with Crippen LogP contribution in [0.1, 0.15) is 51.9 Å². The van der Waals surface area contributed by atoms with Crippen molar-refractivity contribution in [1.29, 1.82) is 0 Å². The SMILES string of the molecule is CC(C)Oc1cccc(C(=O)N(C(C)C)C(C)C)c1. The summed E-state index contributed by atoms with van der Waals surface area (Å²) >= 11 is 0. The Bertz CT molecular complexity index is 417. The quantitative estimate of drug-likeness (QED) is 0.810. The first-order chi connectivity index (χ1) is 8.82. The van der Waals surface area contributed by atoms with Crippen molar-refractivity contribution >= 4 is 5.91 Å². The van der Waals surface area contributed by atoms with E-state index >= 15 is 0 Å². The van der Waals surface area contributed by atoms with Crippen LogP contribution >= 0.6 is 0 Å². The zero-order chi connectivity index (χ0) is 14.6. The minimum Gasteiger partial charge on any atom is -0.491 e. The maximum Gasteiger partial charge on any atom is 0.254 e. The molecule has 3 heteroatoms. The molecule has 0 fully saturated rings.